The number of fused-ring (bicyclic) bond motifs is 4. The second-order valence-corrected chi connectivity index (χ2v) is 6.57. The molecule has 4 nitrogen and oxygen atoms in total. The van der Waals surface area contributed by atoms with Gasteiger partial charge in [0.15, 0.2) is 0 Å². The molecule has 0 aliphatic heterocycles. The number of benzene rings is 4. The SMILES string of the molecule is O=c1oc2c(ccc3ccccc32)c(O)c1C=Nc1cccc2ccccc12. The maximum Gasteiger partial charge on any atom is 0.348 e. The van der Waals surface area contributed by atoms with E-state index in [4.69, 9.17) is 4.42 Å². The first-order valence-electron chi connectivity index (χ1n) is 8.92. The van der Waals surface area contributed by atoms with Gasteiger partial charge in [0.05, 0.1) is 11.1 Å². The molecule has 5 rings (SSSR count). The first kappa shape index (κ1) is 16.3. The molecule has 4 heteroatoms. The first-order chi connectivity index (χ1) is 13.7. The highest BCUT2D eigenvalue weighted by Crippen LogP contribution is 2.32. The lowest BCUT2D eigenvalue weighted by molar-refractivity contribution is 0.467. The van der Waals surface area contributed by atoms with E-state index in [2.05, 4.69) is 4.99 Å². The summed E-state index contributed by atoms with van der Waals surface area (Å²) in [5, 5.41) is 15.0. The summed E-state index contributed by atoms with van der Waals surface area (Å²) in [7, 11) is 0. The maximum absolute atomic E-state index is 12.6. The number of rotatable bonds is 2. The highest BCUT2D eigenvalue weighted by molar-refractivity contribution is 6.08. The molecule has 4 aromatic carbocycles. The van der Waals surface area contributed by atoms with Crippen LogP contribution in [-0.2, 0) is 0 Å². The predicted octanol–water partition coefficient (Wildman–Crippen LogP) is 5.56. The van der Waals surface area contributed by atoms with Crippen molar-refractivity contribution < 1.29 is 9.52 Å². The van der Waals surface area contributed by atoms with E-state index in [-0.39, 0.29) is 11.3 Å². The number of hydrogen-bond acceptors (Lipinski definition) is 4. The molecule has 0 saturated heterocycles. The van der Waals surface area contributed by atoms with Crippen molar-refractivity contribution in [3.8, 4) is 5.75 Å². The van der Waals surface area contributed by atoms with Gasteiger partial charge >= 0.3 is 5.63 Å². The van der Waals surface area contributed by atoms with Crippen LogP contribution >= 0.6 is 0 Å². The molecule has 134 valence electrons. The van der Waals surface area contributed by atoms with Crippen LogP contribution in [0, 0.1) is 0 Å². The summed E-state index contributed by atoms with van der Waals surface area (Å²) in [6.07, 6.45) is 1.37. The molecule has 0 atom stereocenters. The van der Waals surface area contributed by atoms with Crippen LogP contribution in [0.4, 0.5) is 5.69 Å². The Bertz CT molecular complexity index is 1440. The van der Waals surface area contributed by atoms with Crippen LogP contribution in [0.2, 0.25) is 0 Å². The topological polar surface area (TPSA) is 62.8 Å². The van der Waals surface area contributed by atoms with E-state index in [1.165, 1.54) is 6.21 Å². The lowest BCUT2D eigenvalue weighted by Crippen LogP contribution is -2.07. The Morgan fingerprint density at radius 3 is 2.25 bits per heavy atom. The molecule has 5 aromatic rings. The van der Waals surface area contributed by atoms with Gasteiger partial charge in [-0.25, -0.2) is 4.79 Å². The molecular weight excluding hydrogens is 350 g/mol. The van der Waals surface area contributed by atoms with Crippen molar-refractivity contribution >= 4 is 44.4 Å². The van der Waals surface area contributed by atoms with Crippen molar-refractivity contribution in [2.75, 3.05) is 0 Å². The van der Waals surface area contributed by atoms with Gasteiger partial charge in [0.25, 0.3) is 0 Å². The molecule has 0 bridgehead atoms. The molecule has 1 aromatic heterocycles. The van der Waals surface area contributed by atoms with Gasteiger partial charge in [0, 0.05) is 17.0 Å². The standard InChI is InChI=1S/C24H15NO3/c26-22-19-13-12-16-7-2-4-10-18(16)23(19)28-24(27)20(22)14-25-21-11-5-8-15-6-1-3-9-17(15)21/h1-14,26H. The van der Waals surface area contributed by atoms with Crippen LogP contribution in [-0.4, -0.2) is 11.3 Å². The summed E-state index contributed by atoms with van der Waals surface area (Å²) in [5.74, 6) is -0.124. The second-order valence-electron chi connectivity index (χ2n) is 6.57. The van der Waals surface area contributed by atoms with Gasteiger partial charge < -0.3 is 9.52 Å². The Labute approximate surface area is 160 Å². The quantitative estimate of drug-likeness (QED) is 0.253. The fraction of sp³-hybridized carbons (Fsp3) is 0. The van der Waals surface area contributed by atoms with Gasteiger partial charge in [0.1, 0.15) is 16.9 Å². The minimum Gasteiger partial charge on any atom is -0.506 e. The third kappa shape index (κ3) is 2.55. The minimum absolute atomic E-state index is 0.0377. The van der Waals surface area contributed by atoms with Gasteiger partial charge in [0.2, 0.25) is 0 Å². The maximum atomic E-state index is 12.6. The van der Waals surface area contributed by atoms with Crippen LogP contribution in [0.15, 0.2) is 93.1 Å². The highest BCUT2D eigenvalue weighted by atomic mass is 16.4. The number of aromatic hydroxyl groups is 1. The van der Waals surface area contributed by atoms with E-state index in [1.807, 2.05) is 72.8 Å². The molecule has 1 heterocycles. The monoisotopic (exact) mass is 365 g/mol. The Morgan fingerprint density at radius 1 is 0.750 bits per heavy atom. The van der Waals surface area contributed by atoms with E-state index < -0.39 is 5.63 Å². The summed E-state index contributed by atoms with van der Waals surface area (Å²) in [4.78, 5) is 17.0. The van der Waals surface area contributed by atoms with Gasteiger partial charge in [-0.05, 0) is 22.9 Å². The Balaban J connectivity index is 1.70. The van der Waals surface area contributed by atoms with E-state index in [9.17, 15) is 9.90 Å². The summed E-state index contributed by atoms with van der Waals surface area (Å²) in [5.41, 5.74) is 0.513. The lowest BCUT2D eigenvalue weighted by atomic mass is 10.1. The van der Waals surface area contributed by atoms with Gasteiger partial charge in [-0.2, -0.15) is 0 Å². The molecule has 0 amide bonds. The van der Waals surface area contributed by atoms with Crippen LogP contribution in [0.25, 0.3) is 32.5 Å². The van der Waals surface area contributed by atoms with Crippen molar-refractivity contribution in [3.63, 3.8) is 0 Å². The fourth-order valence-corrected chi connectivity index (χ4v) is 3.50. The molecule has 0 unspecified atom stereocenters. The number of hydrogen-bond donors (Lipinski definition) is 1. The van der Waals surface area contributed by atoms with Crippen molar-refractivity contribution in [3.05, 3.63) is 94.8 Å². The average molecular weight is 365 g/mol. The fourth-order valence-electron chi connectivity index (χ4n) is 3.50. The third-order valence-electron chi connectivity index (χ3n) is 4.90. The van der Waals surface area contributed by atoms with Crippen LogP contribution in [0.5, 0.6) is 5.75 Å². The third-order valence-corrected chi connectivity index (χ3v) is 4.90. The zero-order chi connectivity index (χ0) is 19.1. The molecule has 0 spiro atoms. The molecular formula is C24H15NO3. The van der Waals surface area contributed by atoms with E-state index in [1.54, 1.807) is 6.07 Å². The van der Waals surface area contributed by atoms with E-state index in [0.717, 1.165) is 27.2 Å². The van der Waals surface area contributed by atoms with Crippen molar-refractivity contribution in [2.45, 2.75) is 0 Å². The van der Waals surface area contributed by atoms with Gasteiger partial charge in [-0.1, -0.05) is 66.7 Å². The van der Waals surface area contributed by atoms with Crippen molar-refractivity contribution in [1.29, 1.82) is 0 Å². The van der Waals surface area contributed by atoms with Crippen molar-refractivity contribution in [1.82, 2.24) is 0 Å². The van der Waals surface area contributed by atoms with E-state index >= 15 is 0 Å². The summed E-state index contributed by atoms with van der Waals surface area (Å²) in [6.45, 7) is 0. The number of aliphatic imine (C=N–C) groups is 1. The molecule has 0 radical (unpaired) electrons. The average Bonchev–Trinajstić information content (AvgIpc) is 2.73. The minimum atomic E-state index is -0.620. The zero-order valence-corrected chi connectivity index (χ0v) is 14.8. The van der Waals surface area contributed by atoms with Crippen LogP contribution in [0.1, 0.15) is 5.56 Å². The Morgan fingerprint density at radius 2 is 1.43 bits per heavy atom. The predicted molar refractivity (Wildman–Crippen MR) is 113 cm³/mol. The molecule has 0 aliphatic carbocycles. The summed E-state index contributed by atoms with van der Waals surface area (Å²) < 4.78 is 5.56. The Kier molecular flexibility index (Phi) is 3.69. The molecule has 0 aliphatic rings. The molecule has 0 saturated carbocycles. The van der Waals surface area contributed by atoms with Gasteiger partial charge in [-0.3, -0.25) is 4.99 Å². The molecule has 0 fully saturated rings. The zero-order valence-electron chi connectivity index (χ0n) is 14.8. The first-order valence-corrected chi connectivity index (χ1v) is 8.92. The Hall–Kier alpha value is -3.92. The smallest absolute Gasteiger partial charge is 0.348 e. The van der Waals surface area contributed by atoms with Crippen molar-refractivity contribution in [2.24, 2.45) is 4.99 Å². The lowest BCUT2D eigenvalue weighted by Gasteiger charge is -2.06. The van der Waals surface area contributed by atoms with Gasteiger partial charge in [-0.15, -0.1) is 0 Å². The van der Waals surface area contributed by atoms with Crippen LogP contribution in [0.3, 0.4) is 0 Å². The normalized spacial score (nSPS) is 11.7. The summed E-state index contributed by atoms with van der Waals surface area (Å²) in [6, 6.07) is 24.9. The largest absolute Gasteiger partial charge is 0.506 e. The second kappa shape index (κ2) is 6.35. The van der Waals surface area contributed by atoms with E-state index in [0.29, 0.717) is 11.0 Å². The summed E-state index contributed by atoms with van der Waals surface area (Å²) >= 11 is 0. The number of nitrogens with zero attached hydrogens (tertiary/aromatic N) is 1. The van der Waals surface area contributed by atoms with Crippen LogP contribution < -0.4 is 5.63 Å². The molecule has 28 heavy (non-hydrogen) atoms. The molecule has 1 N–H and O–H groups in total. The highest BCUT2D eigenvalue weighted by Gasteiger charge is 2.14.